The molecule has 0 bridgehead atoms. The van der Waals surface area contributed by atoms with Crippen molar-refractivity contribution in [2.24, 2.45) is 0 Å². The molecule has 0 aromatic heterocycles. The maximum Gasteiger partial charge on any atom is 0.160 e. The Labute approximate surface area is 141 Å². The summed E-state index contributed by atoms with van der Waals surface area (Å²) in [6.45, 7) is 5.97. The van der Waals surface area contributed by atoms with E-state index in [2.05, 4.69) is 0 Å². The summed E-state index contributed by atoms with van der Waals surface area (Å²) < 4.78 is 6.23. The second kappa shape index (κ2) is 4.82. The minimum atomic E-state index is -0.372. The third-order valence-electron chi connectivity index (χ3n) is 5.37. The largest absolute Gasteiger partial charge is 0.508 e. The van der Waals surface area contributed by atoms with Crippen LogP contribution in [0.2, 0.25) is 0 Å². The smallest absolute Gasteiger partial charge is 0.160 e. The Hall–Kier alpha value is -2.36. The van der Waals surface area contributed by atoms with Crippen molar-refractivity contribution in [3.63, 3.8) is 0 Å². The summed E-state index contributed by atoms with van der Waals surface area (Å²) >= 11 is 0. The van der Waals surface area contributed by atoms with Crippen LogP contribution in [0.1, 0.15) is 54.0 Å². The number of hydrogen-bond donors (Lipinski definition) is 3. The molecule has 0 saturated carbocycles. The Balaban J connectivity index is 2.03. The molecule has 4 heteroatoms. The molecule has 0 unspecified atom stereocenters. The molecule has 126 valence electrons. The van der Waals surface area contributed by atoms with Crippen molar-refractivity contribution >= 4 is 0 Å². The van der Waals surface area contributed by atoms with Crippen LogP contribution in [-0.2, 0) is 12.8 Å². The summed E-state index contributed by atoms with van der Waals surface area (Å²) in [7, 11) is 0. The number of aromatic hydroxyl groups is 3. The van der Waals surface area contributed by atoms with Crippen LogP contribution >= 0.6 is 0 Å². The number of rotatable bonds is 0. The van der Waals surface area contributed by atoms with Crippen LogP contribution in [0.5, 0.6) is 23.0 Å². The molecule has 0 spiro atoms. The second-order valence-electron chi connectivity index (χ2n) is 7.54. The molecule has 0 fully saturated rings. The Morgan fingerprint density at radius 2 is 1.83 bits per heavy atom. The molecule has 2 aliphatic rings. The maximum absolute atomic E-state index is 10.4. The standard InChI is InChI=1S/C20H22O4/c1-10-16(22)8-11-4-5-13-12(6-7-15(21)18(13)23)14-9-20(2,3)24-19(10)17(11)14/h6-8,14,21-23H,4-5,9H2,1-3H3/t14-/m1/s1. The van der Waals surface area contributed by atoms with Gasteiger partial charge < -0.3 is 20.1 Å². The Morgan fingerprint density at radius 1 is 1.08 bits per heavy atom. The SMILES string of the molecule is Cc1c(O)cc2c3c1OC(C)(C)C[C@@H]3c1ccc(O)c(O)c1CC2. The van der Waals surface area contributed by atoms with Crippen molar-refractivity contribution < 1.29 is 20.1 Å². The minimum Gasteiger partial charge on any atom is -0.508 e. The first kappa shape index (κ1) is 15.2. The molecule has 1 atom stereocenters. The van der Waals surface area contributed by atoms with Crippen molar-refractivity contribution in [2.45, 2.75) is 51.6 Å². The van der Waals surface area contributed by atoms with Gasteiger partial charge >= 0.3 is 0 Å². The molecule has 1 aliphatic carbocycles. The summed E-state index contributed by atoms with van der Waals surface area (Å²) in [5.74, 6) is 1.00. The zero-order chi connectivity index (χ0) is 17.2. The van der Waals surface area contributed by atoms with Gasteiger partial charge in [0.2, 0.25) is 0 Å². The van der Waals surface area contributed by atoms with Crippen LogP contribution in [0.15, 0.2) is 18.2 Å². The minimum absolute atomic E-state index is 0.0212. The highest BCUT2D eigenvalue weighted by atomic mass is 16.5. The van der Waals surface area contributed by atoms with Gasteiger partial charge in [-0.1, -0.05) is 6.07 Å². The van der Waals surface area contributed by atoms with Gasteiger partial charge in [-0.15, -0.1) is 0 Å². The molecule has 1 aliphatic heterocycles. The van der Waals surface area contributed by atoms with Crippen molar-refractivity contribution in [1.82, 2.24) is 0 Å². The summed E-state index contributed by atoms with van der Waals surface area (Å²) in [6, 6.07) is 5.30. The number of fused-ring (bicyclic) bond motifs is 2. The predicted molar refractivity (Wildman–Crippen MR) is 91.2 cm³/mol. The van der Waals surface area contributed by atoms with Gasteiger partial charge in [-0.3, -0.25) is 0 Å². The summed E-state index contributed by atoms with van der Waals surface area (Å²) in [5, 5.41) is 30.6. The first-order chi connectivity index (χ1) is 11.3. The van der Waals surface area contributed by atoms with Crippen LogP contribution in [0.3, 0.4) is 0 Å². The van der Waals surface area contributed by atoms with Gasteiger partial charge in [0.25, 0.3) is 0 Å². The van der Waals surface area contributed by atoms with Gasteiger partial charge in [0.05, 0.1) is 0 Å². The fourth-order valence-corrected chi connectivity index (χ4v) is 4.20. The van der Waals surface area contributed by atoms with E-state index < -0.39 is 0 Å². The second-order valence-corrected chi connectivity index (χ2v) is 7.54. The van der Waals surface area contributed by atoms with Crippen molar-refractivity contribution in [3.8, 4) is 23.0 Å². The zero-order valence-corrected chi connectivity index (χ0v) is 14.2. The van der Waals surface area contributed by atoms with Gasteiger partial charge in [0.1, 0.15) is 17.1 Å². The lowest BCUT2D eigenvalue weighted by Gasteiger charge is -2.39. The molecule has 0 saturated heterocycles. The van der Waals surface area contributed by atoms with Crippen LogP contribution < -0.4 is 4.74 Å². The van der Waals surface area contributed by atoms with Gasteiger partial charge in [0, 0.05) is 22.6 Å². The van der Waals surface area contributed by atoms with Crippen molar-refractivity contribution in [3.05, 3.63) is 46.0 Å². The van der Waals surface area contributed by atoms with Gasteiger partial charge in [-0.2, -0.15) is 0 Å². The van der Waals surface area contributed by atoms with E-state index in [1.165, 1.54) is 0 Å². The highest BCUT2D eigenvalue weighted by molar-refractivity contribution is 5.62. The molecule has 4 nitrogen and oxygen atoms in total. The molecule has 4 rings (SSSR count). The summed E-state index contributed by atoms with van der Waals surface area (Å²) in [5.41, 5.74) is 4.42. The van der Waals surface area contributed by atoms with E-state index in [0.29, 0.717) is 12.8 Å². The number of ether oxygens (including phenoxy) is 1. The number of phenols is 3. The number of benzene rings is 2. The summed E-state index contributed by atoms with van der Waals surface area (Å²) in [4.78, 5) is 0. The Morgan fingerprint density at radius 3 is 2.58 bits per heavy atom. The number of phenolic OH excluding ortho intramolecular Hbond substituents is 3. The molecule has 0 radical (unpaired) electrons. The van der Waals surface area contributed by atoms with E-state index in [4.69, 9.17) is 4.74 Å². The average Bonchev–Trinajstić information content (AvgIpc) is 2.65. The Bertz CT molecular complexity index is 851. The predicted octanol–water partition coefficient (Wildman–Crippen LogP) is 3.90. The monoisotopic (exact) mass is 326 g/mol. The van der Waals surface area contributed by atoms with E-state index in [1.807, 2.05) is 32.9 Å². The number of aryl methyl sites for hydroxylation is 1. The molecular weight excluding hydrogens is 304 g/mol. The highest BCUT2D eigenvalue weighted by Crippen LogP contribution is 2.53. The summed E-state index contributed by atoms with van der Waals surface area (Å²) in [6.07, 6.45) is 2.11. The quantitative estimate of drug-likeness (QED) is 0.642. The fourth-order valence-electron chi connectivity index (χ4n) is 4.20. The first-order valence-electron chi connectivity index (χ1n) is 8.36. The van der Waals surface area contributed by atoms with E-state index in [1.54, 1.807) is 6.07 Å². The van der Waals surface area contributed by atoms with Gasteiger partial charge in [0.15, 0.2) is 11.5 Å². The third kappa shape index (κ3) is 2.05. The lowest BCUT2D eigenvalue weighted by molar-refractivity contribution is 0.0758. The molecule has 2 aromatic rings. The van der Waals surface area contributed by atoms with Crippen LogP contribution in [0.4, 0.5) is 0 Å². The van der Waals surface area contributed by atoms with Gasteiger partial charge in [-0.05, 0) is 63.3 Å². The van der Waals surface area contributed by atoms with Crippen molar-refractivity contribution in [2.75, 3.05) is 0 Å². The van der Waals surface area contributed by atoms with Crippen LogP contribution in [0.25, 0.3) is 0 Å². The molecule has 3 N–H and O–H groups in total. The molecule has 0 amide bonds. The van der Waals surface area contributed by atoms with Crippen LogP contribution in [0, 0.1) is 6.92 Å². The fraction of sp³-hybridized carbons (Fsp3) is 0.400. The maximum atomic E-state index is 10.4. The molecule has 2 aromatic carbocycles. The zero-order valence-electron chi connectivity index (χ0n) is 14.2. The Kier molecular flexibility index (Phi) is 3.05. The topological polar surface area (TPSA) is 69.9 Å². The molecular formula is C20H22O4. The highest BCUT2D eigenvalue weighted by Gasteiger charge is 2.40. The average molecular weight is 326 g/mol. The van der Waals surface area contributed by atoms with E-state index in [0.717, 1.165) is 40.0 Å². The van der Waals surface area contributed by atoms with E-state index in [9.17, 15) is 15.3 Å². The van der Waals surface area contributed by atoms with Crippen molar-refractivity contribution in [1.29, 1.82) is 0 Å². The lowest BCUT2D eigenvalue weighted by atomic mass is 9.77. The van der Waals surface area contributed by atoms with Gasteiger partial charge in [-0.25, -0.2) is 0 Å². The van der Waals surface area contributed by atoms with Crippen LogP contribution in [-0.4, -0.2) is 20.9 Å². The molecule has 24 heavy (non-hydrogen) atoms. The van der Waals surface area contributed by atoms with E-state index >= 15 is 0 Å². The third-order valence-corrected chi connectivity index (χ3v) is 5.37. The lowest BCUT2D eigenvalue weighted by Crippen LogP contribution is -2.36. The molecule has 1 heterocycles. The normalized spacial score (nSPS) is 20.5. The first-order valence-corrected chi connectivity index (χ1v) is 8.36. The number of hydrogen-bond acceptors (Lipinski definition) is 4. The van der Waals surface area contributed by atoms with E-state index in [-0.39, 0.29) is 28.8 Å².